The van der Waals surface area contributed by atoms with Crippen LogP contribution in [-0.2, 0) is 20.7 Å². The fourth-order valence-electron chi connectivity index (χ4n) is 3.38. The van der Waals surface area contributed by atoms with Gasteiger partial charge in [0, 0.05) is 31.7 Å². The van der Waals surface area contributed by atoms with E-state index in [0.717, 1.165) is 24.2 Å². The summed E-state index contributed by atoms with van der Waals surface area (Å²) in [4.78, 5) is 27.9. The van der Waals surface area contributed by atoms with Gasteiger partial charge in [0.25, 0.3) is 0 Å². The summed E-state index contributed by atoms with van der Waals surface area (Å²) in [5.74, 6) is 0.321. The van der Waals surface area contributed by atoms with E-state index >= 15 is 0 Å². The van der Waals surface area contributed by atoms with Crippen LogP contribution in [-0.4, -0.2) is 48.6 Å². The molecule has 2 aliphatic rings. The summed E-state index contributed by atoms with van der Waals surface area (Å²) in [6.45, 7) is 6.10. The lowest BCUT2D eigenvalue weighted by atomic mass is 10.1. The Hall–Kier alpha value is -1.88. The van der Waals surface area contributed by atoms with Crippen LogP contribution in [0.3, 0.4) is 0 Å². The molecule has 1 aromatic rings. The van der Waals surface area contributed by atoms with E-state index in [4.69, 9.17) is 4.74 Å². The summed E-state index contributed by atoms with van der Waals surface area (Å²) in [6.07, 6.45) is 2.13. The molecule has 5 nitrogen and oxygen atoms in total. The Kier molecular flexibility index (Phi) is 4.66. The second-order valence-corrected chi connectivity index (χ2v) is 6.55. The van der Waals surface area contributed by atoms with Crippen LogP contribution in [0.4, 0.5) is 5.69 Å². The first-order valence-electron chi connectivity index (χ1n) is 8.35. The molecule has 0 radical (unpaired) electrons. The number of benzene rings is 1. The molecule has 0 N–H and O–H groups in total. The van der Waals surface area contributed by atoms with Crippen LogP contribution < -0.4 is 4.90 Å². The largest absolute Gasteiger partial charge is 0.372 e. The number of hydrogen-bond donors (Lipinski definition) is 0. The molecule has 5 heteroatoms. The Balaban J connectivity index is 1.61. The van der Waals surface area contributed by atoms with Crippen LogP contribution in [0.25, 0.3) is 0 Å². The maximum absolute atomic E-state index is 12.5. The first-order chi connectivity index (χ1) is 11.0. The first kappa shape index (κ1) is 16.0. The quantitative estimate of drug-likeness (QED) is 0.857. The number of ether oxygens (including phenoxy) is 1. The van der Waals surface area contributed by atoms with Gasteiger partial charge in [-0.15, -0.1) is 0 Å². The van der Waals surface area contributed by atoms with E-state index in [9.17, 15) is 9.59 Å². The summed E-state index contributed by atoms with van der Waals surface area (Å²) in [6, 6.07) is 7.78. The van der Waals surface area contributed by atoms with Crippen molar-refractivity contribution in [3.05, 3.63) is 29.8 Å². The fraction of sp³-hybridized carbons (Fsp3) is 0.556. The minimum absolute atomic E-state index is 0.0891. The van der Waals surface area contributed by atoms with Gasteiger partial charge in [0.15, 0.2) is 0 Å². The molecule has 2 saturated heterocycles. The van der Waals surface area contributed by atoms with Crippen LogP contribution in [0.1, 0.15) is 32.3 Å². The van der Waals surface area contributed by atoms with Crippen molar-refractivity contribution in [3.63, 3.8) is 0 Å². The first-order valence-corrected chi connectivity index (χ1v) is 8.35. The Morgan fingerprint density at radius 3 is 2.39 bits per heavy atom. The number of morpholine rings is 1. The molecule has 2 heterocycles. The van der Waals surface area contributed by atoms with Gasteiger partial charge in [-0.2, -0.15) is 0 Å². The molecule has 1 aromatic carbocycles. The number of carbonyl (C=O) groups is 2. The Labute approximate surface area is 137 Å². The number of amides is 2. The van der Waals surface area contributed by atoms with Gasteiger partial charge >= 0.3 is 0 Å². The third-order valence-electron chi connectivity index (χ3n) is 4.45. The van der Waals surface area contributed by atoms with Gasteiger partial charge < -0.3 is 14.5 Å². The molecule has 0 spiro atoms. The van der Waals surface area contributed by atoms with Crippen molar-refractivity contribution in [2.45, 2.75) is 45.3 Å². The van der Waals surface area contributed by atoms with E-state index < -0.39 is 0 Å². The van der Waals surface area contributed by atoms with Crippen LogP contribution in [0, 0.1) is 0 Å². The summed E-state index contributed by atoms with van der Waals surface area (Å²) in [5.41, 5.74) is 1.91. The second kappa shape index (κ2) is 6.71. The van der Waals surface area contributed by atoms with Crippen molar-refractivity contribution >= 4 is 17.5 Å². The van der Waals surface area contributed by atoms with Gasteiger partial charge in [-0.1, -0.05) is 12.1 Å². The molecule has 2 fully saturated rings. The van der Waals surface area contributed by atoms with Crippen LogP contribution in [0.15, 0.2) is 24.3 Å². The smallest absolute Gasteiger partial charge is 0.227 e. The standard InChI is InChI=1S/C18H24N2O3/c1-13-11-19(12-14(2)23-13)18(22)10-15-5-7-16(8-6-15)20-9-3-4-17(20)21/h5-8,13-14H,3-4,9-12H2,1-2H3/t13-,14-/m0/s1. The molecule has 2 aliphatic heterocycles. The maximum atomic E-state index is 12.5. The Morgan fingerprint density at radius 2 is 1.83 bits per heavy atom. The average Bonchev–Trinajstić information content (AvgIpc) is 2.93. The molecule has 0 bridgehead atoms. The number of carbonyl (C=O) groups excluding carboxylic acids is 2. The lowest BCUT2D eigenvalue weighted by Crippen LogP contribution is -2.48. The second-order valence-electron chi connectivity index (χ2n) is 6.55. The topological polar surface area (TPSA) is 49.9 Å². The highest BCUT2D eigenvalue weighted by Gasteiger charge is 2.26. The molecule has 2 amide bonds. The van der Waals surface area contributed by atoms with E-state index in [0.29, 0.717) is 25.9 Å². The highest BCUT2D eigenvalue weighted by atomic mass is 16.5. The van der Waals surface area contributed by atoms with Crippen LogP contribution in [0.5, 0.6) is 0 Å². The zero-order valence-electron chi connectivity index (χ0n) is 13.8. The van der Waals surface area contributed by atoms with E-state index in [1.165, 1.54) is 0 Å². The van der Waals surface area contributed by atoms with Gasteiger partial charge in [-0.05, 0) is 38.0 Å². The SMILES string of the molecule is C[C@H]1CN(C(=O)Cc2ccc(N3CCCC3=O)cc2)C[C@H](C)O1. The lowest BCUT2D eigenvalue weighted by Gasteiger charge is -2.35. The zero-order valence-corrected chi connectivity index (χ0v) is 13.8. The van der Waals surface area contributed by atoms with Crippen molar-refractivity contribution in [2.75, 3.05) is 24.5 Å². The molecule has 0 unspecified atom stereocenters. The summed E-state index contributed by atoms with van der Waals surface area (Å²) in [7, 11) is 0. The van der Waals surface area contributed by atoms with Crippen LogP contribution >= 0.6 is 0 Å². The molecular formula is C18H24N2O3. The molecular weight excluding hydrogens is 292 g/mol. The molecule has 0 aliphatic carbocycles. The number of hydrogen-bond acceptors (Lipinski definition) is 3. The number of rotatable bonds is 3. The van der Waals surface area contributed by atoms with Crippen LogP contribution in [0.2, 0.25) is 0 Å². The predicted molar refractivity (Wildman–Crippen MR) is 88.3 cm³/mol. The van der Waals surface area contributed by atoms with Crippen molar-refractivity contribution in [1.82, 2.24) is 4.90 Å². The molecule has 23 heavy (non-hydrogen) atoms. The summed E-state index contributed by atoms with van der Waals surface area (Å²) < 4.78 is 5.67. The summed E-state index contributed by atoms with van der Waals surface area (Å²) >= 11 is 0. The van der Waals surface area contributed by atoms with Crippen molar-refractivity contribution in [1.29, 1.82) is 0 Å². The normalized spacial score (nSPS) is 25.0. The average molecular weight is 316 g/mol. The highest BCUT2D eigenvalue weighted by molar-refractivity contribution is 5.95. The van der Waals surface area contributed by atoms with Crippen molar-refractivity contribution < 1.29 is 14.3 Å². The molecule has 124 valence electrons. The van der Waals surface area contributed by atoms with Gasteiger partial charge in [0.05, 0.1) is 18.6 Å². The third kappa shape index (κ3) is 3.72. The van der Waals surface area contributed by atoms with Crippen molar-refractivity contribution in [3.8, 4) is 0 Å². The predicted octanol–water partition coefficient (Wildman–Crippen LogP) is 1.99. The Bertz CT molecular complexity index is 574. The number of nitrogens with zero attached hydrogens (tertiary/aromatic N) is 2. The van der Waals surface area contributed by atoms with E-state index in [1.54, 1.807) is 0 Å². The Morgan fingerprint density at radius 1 is 1.17 bits per heavy atom. The third-order valence-corrected chi connectivity index (χ3v) is 4.45. The minimum atomic E-state index is 0.0891. The summed E-state index contributed by atoms with van der Waals surface area (Å²) in [5, 5.41) is 0. The van der Waals surface area contributed by atoms with E-state index in [2.05, 4.69) is 0 Å². The zero-order chi connectivity index (χ0) is 16.4. The van der Waals surface area contributed by atoms with Crippen molar-refractivity contribution in [2.24, 2.45) is 0 Å². The van der Waals surface area contributed by atoms with Gasteiger partial charge in [-0.3, -0.25) is 9.59 Å². The lowest BCUT2D eigenvalue weighted by molar-refractivity contribution is -0.142. The monoisotopic (exact) mass is 316 g/mol. The van der Waals surface area contributed by atoms with E-state index in [-0.39, 0.29) is 24.0 Å². The highest BCUT2D eigenvalue weighted by Crippen LogP contribution is 2.22. The van der Waals surface area contributed by atoms with Gasteiger partial charge in [0.1, 0.15) is 0 Å². The molecule has 2 atom stereocenters. The van der Waals surface area contributed by atoms with E-state index in [1.807, 2.05) is 47.9 Å². The minimum Gasteiger partial charge on any atom is -0.372 e. The molecule has 0 aromatic heterocycles. The van der Waals surface area contributed by atoms with Gasteiger partial charge in [-0.25, -0.2) is 0 Å². The molecule has 3 rings (SSSR count). The van der Waals surface area contributed by atoms with Gasteiger partial charge in [0.2, 0.25) is 11.8 Å². The maximum Gasteiger partial charge on any atom is 0.227 e. The molecule has 0 saturated carbocycles. The number of anilines is 1. The fourth-order valence-corrected chi connectivity index (χ4v) is 3.38.